The molecule has 42 heavy (non-hydrogen) atoms. The lowest BCUT2D eigenvalue weighted by Crippen LogP contribution is -1.98. The van der Waals surface area contributed by atoms with E-state index in [9.17, 15) is 10.5 Å². The Bertz CT molecular complexity index is 2430. The fourth-order valence-electron chi connectivity index (χ4n) is 6.05. The van der Waals surface area contributed by atoms with Crippen LogP contribution in [0, 0.1) is 22.7 Å². The maximum Gasteiger partial charge on any atom is 0.135 e. The highest BCUT2D eigenvalue weighted by molar-refractivity contribution is 7.25. The summed E-state index contributed by atoms with van der Waals surface area (Å²) in [5, 5.41) is 25.6. The molecular weight excluding hydrogens is 532 g/mol. The van der Waals surface area contributed by atoms with E-state index in [2.05, 4.69) is 54.6 Å². The summed E-state index contributed by atoms with van der Waals surface area (Å²) >= 11 is 1.77. The number of benzene rings is 6. The summed E-state index contributed by atoms with van der Waals surface area (Å²) in [5.74, 6) is 0. The third-order valence-corrected chi connectivity index (χ3v) is 9.14. The number of hydrogen-bond donors (Lipinski definition) is 0. The van der Waals surface area contributed by atoms with Crippen LogP contribution in [0.1, 0.15) is 11.1 Å². The Kier molecular flexibility index (Phi) is 5.44. The zero-order valence-corrected chi connectivity index (χ0v) is 23.1. The minimum atomic E-state index is 0.482. The summed E-state index contributed by atoms with van der Waals surface area (Å²) < 4.78 is 8.52. The molecule has 2 heterocycles. The van der Waals surface area contributed by atoms with Gasteiger partial charge in [0.05, 0.1) is 11.1 Å². The maximum absolute atomic E-state index is 10.7. The predicted molar refractivity (Wildman–Crippen MR) is 172 cm³/mol. The van der Waals surface area contributed by atoms with E-state index in [4.69, 9.17) is 4.42 Å². The quantitative estimate of drug-likeness (QED) is 0.219. The number of fused-ring (bicyclic) bond motifs is 6. The lowest BCUT2D eigenvalue weighted by atomic mass is 9.83. The van der Waals surface area contributed by atoms with Crippen LogP contribution in [0.3, 0.4) is 0 Å². The van der Waals surface area contributed by atoms with Crippen molar-refractivity contribution in [2.45, 2.75) is 0 Å². The molecule has 0 aliphatic carbocycles. The highest BCUT2D eigenvalue weighted by atomic mass is 32.1. The van der Waals surface area contributed by atoms with Crippen molar-refractivity contribution < 1.29 is 4.42 Å². The van der Waals surface area contributed by atoms with Crippen molar-refractivity contribution in [3.05, 3.63) is 132 Å². The van der Waals surface area contributed by atoms with Gasteiger partial charge in [0.25, 0.3) is 0 Å². The Hall–Kier alpha value is -5.68. The van der Waals surface area contributed by atoms with Gasteiger partial charge >= 0.3 is 0 Å². The van der Waals surface area contributed by atoms with Crippen LogP contribution < -0.4 is 0 Å². The molecular formula is C38H20N2OS. The molecule has 194 valence electrons. The largest absolute Gasteiger partial charge is 0.456 e. The summed E-state index contributed by atoms with van der Waals surface area (Å²) in [6.45, 7) is 0. The first-order valence-corrected chi connectivity index (χ1v) is 14.4. The molecule has 0 bridgehead atoms. The van der Waals surface area contributed by atoms with Gasteiger partial charge in [-0.3, -0.25) is 0 Å². The second-order valence-electron chi connectivity index (χ2n) is 10.3. The zero-order chi connectivity index (χ0) is 28.2. The molecule has 0 N–H and O–H groups in total. The smallest absolute Gasteiger partial charge is 0.135 e. The fraction of sp³-hybridized carbons (Fsp3) is 0. The van der Waals surface area contributed by atoms with Gasteiger partial charge in [0.1, 0.15) is 23.3 Å². The number of rotatable bonds is 3. The molecule has 8 aromatic rings. The number of thiophene rings is 1. The minimum Gasteiger partial charge on any atom is -0.456 e. The molecule has 0 unspecified atom stereocenters. The molecule has 0 amide bonds. The average Bonchev–Trinajstić information content (AvgIpc) is 3.61. The van der Waals surface area contributed by atoms with E-state index in [0.717, 1.165) is 55.1 Å². The molecule has 0 atom stereocenters. The third-order valence-electron chi connectivity index (χ3n) is 7.99. The van der Waals surface area contributed by atoms with Crippen molar-refractivity contribution in [3.63, 3.8) is 0 Å². The van der Waals surface area contributed by atoms with Crippen molar-refractivity contribution in [2.75, 3.05) is 0 Å². The van der Waals surface area contributed by atoms with Gasteiger partial charge in [0.15, 0.2) is 0 Å². The minimum absolute atomic E-state index is 0.482. The molecule has 8 rings (SSSR count). The molecule has 0 aliphatic heterocycles. The van der Waals surface area contributed by atoms with Gasteiger partial charge in [0, 0.05) is 47.6 Å². The van der Waals surface area contributed by atoms with Gasteiger partial charge < -0.3 is 4.42 Å². The van der Waals surface area contributed by atoms with Crippen molar-refractivity contribution >= 4 is 53.4 Å². The highest BCUT2D eigenvalue weighted by Crippen LogP contribution is 2.44. The molecule has 3 nitrogen and oxygen atoms in total. The van der Waals surface area contributed by atoms with Crippen LogP contribution >= 0.6 is 11.3 Å². The van der Waals surface area contributed by atoms with E-state index in [-0.39, 0.29) is 0 Å². The lowest BCUT2D eigenvalue weighted by Gasteiger charge is -2.17. The first kappa shape index (κ1) is 24.1. The monoisotopic (exact) mass is 552 g/mol. The molecule has 0 radical (unpaired) electrons. The van der Waals surface area contributed by atoms with Crippen LogP contribution in [0.5, 0.6) is 0 Å². The van der Waals surface area contributed by atoms with Crippen LogP contribution in [0.25, 0.3) is 75.5 Å². The van der Waals surface area contributed by atoms with Crippen LogP contribution in [0.2, 0.25) is 0 Å². The summed E-state index contributed by atoms with van der Waals surface area (Å²) in [4.78, 5) is 0. The summed E-state index contributed by atoms with van der Waals surface area (Å²) in [6.07, 6.45) is 0. The summed E-state index contributed by atoms with van der Waals surface area (Å²) in [5.41, 5.74) is 7.47. The van der Waals surface area contributed by atoms with Crippen molar-refractivity contribution in [2.24, 2.45) is 0 Å². The number of para-hydroxylation sites is 1. The van der Waals surface area contributed by atoms with Crippen molar-refractivity contribution in [3.8, 4) is 45.5 Å². The first-order valence-electron chi connectivity index (χ1n) is 13.6. The Balaban J connectivity index is 1.47. The highest BCUT2D eigenvalue weighted by Gasteiger charge is 2.23. The van der Waals surface area contributed by atoms with Gasteiger partial charge in [-0.15, -0.1) is 11.3 Å². The van der Waals surface area contributed by atoms with E-state index in [1.807, 2.05) is 78.9 Å². The number of hydrogen-bond acceptors (Lipinski definition) is 4. The zero-order valence-electron chi connectivity index (χ0n) is 22.3. The van der Waals surface area contributed by atoms with Gasteiger partial charge in [0.2, 0.25) is 0 Å². The predicted octanol–water partition coefficient (Wildman–Crippen LogP) is 10.7. The van der Waals surface area contributed by atoms with E-state index in [1.165, 1.54) is 14.8 Å². The Morgan fingerprint density at radius 1 is 0.476 bits per heavy atom. The normalized spacial score (nSPS) is 11.3. The second-order valence-corrected chi connectivity index (χ2v) is 11.4. The van der Waals surface area contributed by atoms with Crippen LogP contribution in [0.4, 0.5) is 0 Å². The number of nitrogens with zero attached hydrogens (tertiary/aromatic N) is 2. The van der Waals surface area contributed by atoms with Crippen LogP contribution in [-0.4, -0.2) is 0 Å². The molecule has 0 saturated carbocycles. The SMILES string of the molecule is N#Cc1c(-c2ccccc2)cc(-c2ccc3sc4ccccc4c3c2)c(C#N)c1-c1ccc2oc3ccccc3c2c1. The average molecular weight is 553 g/mol. The summed E-state index contributed by atoms with van der Waals surface area (Å²) in [6, 6.07) is 45.6. The number of nitriles is 2. The molecule has 4 heteroatoms. The van der Waals surface area contributed by atoms with E-state index in [1.54, 1.807) is 11.3 Å². The van der Waals surface area contributed by atoms with Crippen LogP contribution in [-0.2, 0) is 0 Å². The Morgan fingerprint density at radius 3 is 1.90 bits per heavy atom. The third kappa shape index (κ3) is 3.64. The molecule has 0 spiro atoms. The van der Waals surface area contributed by atoms with E-state index >= 15 is 0 Å². The maximum atomic E-state index is 10.7. The summed E-state index contributed by atoms with van der Waals surface area (Å²) in [7, 11) is 0. The Labute approximate surface area is 245 Å². The fourth-order valence-corrected chi connectivity index (χ4v) is 7.14. The number of furan rings is 1. The van der Waals surface area contributed by atoms with Crippen molar-refractivity contribution in [1.82, 2.24) is 0 Å². The topological polar surface area (TPSA) is 60.7 Å². The van der Waals surface area contributed by atoms with E-state index < -0.39 is 0 Å². The van der Waals surface area contributed by atoms with Crippen molar-refractivity contribution in [1.29, 1.82) is 10.5 Å². The Morgan fingerprint density at radius 2 is 1.10 bits per heavy atom. The van der Waals surface area contributed by atoms with Gasteiger partial charge in [-0.1, -0.05) is 78.9 Å². The van der Waals surface area contributed by atoms with Gasteiger partial charge in [-0.2, -0.15) is 10.5 Å². The molecule has 0 fully saturated rings. The van der Waals surface area contributed by atoms with Gasteiger partial charge in [-0.25, -0.2) is 0 Å². The lowest BCUT2D eigenvalue weighted by molar-refractivity contribution is 0.669. The molecule has 2 aromatic heterocycles. The van der Waals surface area contributed by atoms with E-state index in [0.29, 0.717) is 16.7 Å². The first-order chi connectivity index (χ1) is 20.7. The van der Waals surface area contributed by atoms with Gasteiger partial charge in [-0.05, 0) is 59.2 Å². The molecule has 6 aromatic carbocycles. The molecule has 0 aliphatic rings. The van der Waals surface area contributed by atoms with Crippen LogP contribution in [0.15, 0.2) is 126 Å². The second kappa shape index (κ2) is 9.46. The molecule has 0 saturated heterocycles. The standard InChI is InChI=1S/C38H20N2OS/c39-21-32-28(23-8-2-1-3-9-23)20-29(24-15-17-37-31(18-24)27-11-5-7-13-36(27)42-37)33(22-40)38(32)25-14-16-35-30(19-25)26-10-4-6-12-34(26)41-35/h1-20H.